The van der Waals surface area contributed by atoms with E-state index in [-0.39, 0.29) is 18.9 Å². The largest absolute Gasteiger partial charge is 0.464 e. The molecule has 1 N–H and O–H groups in total. The van der Waals surface area contributed by atoms with Gasteiger partial charge in [-0.25, -0.2) is 9.59 Å². The van der Waals surface area contributed by atoms with Gasteiger partial charge in [0.15, 0.2) is 0 Å². The normalized spacial score (nSPS) is 25.4. The van der Waals surface area contributed by atoms with Gasteiger partial charge in [-0.2, -0.15) is 0 Å². The molecule has 19 heavy (non-hydrogen) atoms. The Labute approximate surface area is 112 Å². The summed E-state index contributed by atoms with van der Waals surface area (Å²) < 4.78 is 10.1. The maximum atomic E-state index is 11.9. The van der Waals surface area contributed by atoms with Gasteiger partial charge in [0.2, 0.25) is 0 Å². The van der Waals surface area contributed by atoms with Crippen LogP contribution >= 0.6 is 0 Å². The highest BCUT2D eigenvalue weighted by Crippen LogP contribution is 2.46. The second-order valence-corrected chi connectivity index (χ2v) is 5.62. The smallest absolute Gasteiger partial charge is 0.408 e. The van der Waals surface area contributed by atoms with Crippen LogP contribution in [0.1, 0.15) is 40.5 Å². The first-order valence-electron chi connectivity index (χ1n) is 6.37. The van der Waals surface area contributed by atoms with Gasteiger partial charge in [-0.05, 0) is 34.1 Å². The van der Waals surface area contributed by atoms with Crippen LogP contribution in [0, 0.1) is 5.92 Å². The number of hydrogen-bond donors (Lipinski definition) is 1. The van der Waals surface area contributed by atoms with Crippen LogP contribution in [-0.2, 0) is 19.1 Å². The Kier molecular flexibility index (Phi) is 4.55. The van der Waals surface area contributed by atoms with Crippen molar-refractivity contribution in [3.05, 3.63) is 0 Å². The number of aldehydes is 1. The quantitative estimate of drug-likeness (QED) is 0.604. The minimum absolute atomic E-state index is 0.212. The summed E-state index contributed by atoms with van der Waals surface area (Å²) in [4.78, 5) is 34.2. The number of carbonyl (C=O) groups excluding carboxylic acids is 3. The van der Waals surface area contributed by atoms with E-state index in [1.54, 1.807) is 27.7 Å². The number of amides is 1. The minimum Gasteiger partial charge on any atom is -0.464 e. The number of esters is 1. The van der Waals surface area contributed by atoms with Gasteiger partial charge in [0.05, 0.1) is 6.61 Å². The van der Waals surface area contributed by atoms with Crippen LogP contribution in [-0.4, -0.2) is 36.1 Å². The Morgan fingerprint density at radius 1 is 1.42 bits per heavy atom. The molecule has 1 amide bonds. The third-order valence-electron chi connectivity index (χ3n) is 2.85. The molecule has 1 aliphatic rings. The molecule has 6 nitrogen and oxygen atoms in total. The van der Waals surface area contributed by atoms with Crippen molar-refractivity contribution in [3.8, 4) is 0 Å². The van der Waals surface area contributed by atoms with Crippen molar-refractivity contribution in [3.63, 3.8) is 0 Å². The summed E-state index contributed by atoms with van der Waals surface area (Å²) in [5, 5.41) is 2.55. The lowest BCUT2D eigenvalue weighted by Crippen LogP contribution is -2.47. The van der Waals surface area contributed by atoms with E-state index in [4.69, 9.17) is 9.47 Å². The first-order valence-corrected chi connectivity index (χ1v) is 6.37. The van der Waals surface area contributed by atoms with E-state index in [0.29, 0.717) is 6.42 Å². The Bertz CT molecular complexity index is 374. The van der Waals surface area contributed by atoms with Crippen molar-refractivity contribution in [2.75, 3.05) is 6.61 Å². The van der Waals surface area contributed by atoms with Gasteiger partial charge in [0.25, 0.3) is 0 Å². The molecule has 1 saturated carbocycles. The topological polar surface area (TPSA) is 81.7 Å². The Morgan fingerprint density at radius 3 is 2.53 bits per heavy atom. The van der Waals surface area contributed by atoms with Crippen LogP contribution in [0.15, 0.2) is 0 Å². The molecule has 0 aliphatic heterocycles. The second kappa shape index (κ2) is 5.59. The SMILES string of the molecule is CCOC(=O)[C@@]1(NC(=O)OC(C)(C)C)C[C@H]1CC=O. The third kappa shape index (κ3) is 3.94. The summed E-state index contributed by atoms with van der Waals surface area (Å²) in [5.74, 6) is -0.718. The monoisotopic (exact) mass is 271 g/mol. The average molecular weight is 271 g/mol. The molecule has 1 fully saturated rings. The molecule has 0 bridgehead atoms. The van der Waals surface area contributed by atoms with Crippen LogP contribution in [0.3, 0.4) is 0 Å². The molecule has 0 saturated heterocycles. The van der Waals surface area contributed by atoms with Crippen molar-refractivity contribution in [2.24, 2.45) is 5.92 Å². The fourth-order valence-electron chi connectivity index (χ4n) is 1.93. The molecule has 108 valence electrons. The Hall–Kier alpha value is -1.59. The van der Waals surface area contributed by atoms with Crippen LogP contribution in [0.2, 0.25) is 0 Å². The maximum absolute atomic E-state index is 11.9. The molecular weight excluding hydrogens is 250 g/mol. The highest BCUT2D eigenvalue weighted by atomic mass is 16.6. The van der Waals surface area contributed by atoms with Crippen molar-refractivity contribution < 1.29 is 23.9 Å². The molecule has 0 aromatic heterocycles. The standard InChI is InChI=1S/C13H21NO5/c1-5-18-10(16)13(8-9(13)6-7-15)14-11(17)19-12(2,3)4/h7,9H,5-6,8H2,1-4H3,(H,14,17)/t9-,13-/m1/s1. The Morgan fingerprint density at radius 2 is 2.05 bits per heavy atom. The molecule has 0 spiro atoms. The van der Waals surface area contributed by atoms with Gasteiger partial charge in [0, 0.05) is 12.3 Å². The second-order valence-electron chi connectivity index (χ2n) is 5.62. The number of alkyl carbamates (subject to hydrolysis) is 1. The first kappa shape index (κ1) is 15.5. The molecule has 6 heteroatoms. The molecule has 0 unspecified atom stereocenters. The molecule has 0 radical (unpaired) electrons. The van der Waals surface area contributed by atoms with E-state index in [2.05, 4.69) is 5.32 Å². The van der Waals surface area contributed by atoms with Gasteiger partial charge < -0.3 is 19.6 Å². The van der Waals surface area contributed by atoms with Gasteiger partial charge >= 0.3 is 12.1 Å². The number of carbonyl (C=O) groups is 3. The molecule has 0 aromatic rings. The van der Waals surface area contributed by atoms with Crippen LogP contribution in [0.25, 0.3) is 0 Å². The fourth-order valence-corrected chi connectivity index (χ4v) is 1.93. The van der Waals surface area contributed by atoms with Gasteiger partial charge in [-0.15, -0.1) is 0 Å². The molecule has 1 aliphatic carbocycles. The third-order valence-corrected chi connectivity index (χ3v) is 2.85. The summed E-state index contributed by atoms with van der Waals surface area (Å²) >= 11 is 0. The van der Waals surface area contributed by atoms with Crippen molar-refractivity contribution >= 4 is 18.3 Å². The zero-order valence-electron chi connectivity index (χ0n) is 11.8. The van der Waals surface area contributed by atoms with Gasteiger partial charge in [-0.1, -0.05) is 0 Å². The highest BCUT2D eigenvalue weighted by molar-refractivity contribution is 5.90. The lowest BCUT2D eigenvalue weighted by molar-refractivity contribution is -0.147. The molecule has 2 atom stereocenters. The highest BCUT2D eigenvalue weighted by Gasteiger charge is 2.62. The summed E-state index contributed by atoms with van der Waals surface area (Å²) in [6.07, 6.45) is 0.690. The van der Waals surface area contributed by atoms with E-state index in [1.807, 2.05) is 0 Å². The van der Waals surface area contributed by atoms with E-state index >= 15 is 0 Å². The maximum Gasteiger partial charge on any atom is 0.408 e. The molecule has 0 aromatic carbocycles. The molecule has 0 heterocycles. The van der Waals surface area contributed by atoms with E-state index < -0.39 is 23.2 Å². The Balaban J connectivity index is 2.70. The van der Waals surface area contributed by atoms with Crippen molar-refractivity contribution in [1.29, 1.82) is 0 Å². The number of hydrogen-bond acceptors (Lipinski definition) is 5. The average Bonchev–Trinajstić information content (AvgIpc) is 2.90. The fraction of sp³-hybridized carbons (Fsp3) is 0.769. The van der Waals surface area contributed by atoms with Crippen molar-refractivity contribution in [2.45, 2.75) is 51.7 Å². The van der Waals surface area contributed by atoms with E-state index in [1.165, 1.54) is 0 Å². The molecule has 1 rings (SSSR count). The van der Waals surface area contributed by atoms with Crippen LogP contribution in [0.4, 0.5) is 4.79 Å². The van der Waals surface area contributed by atoms with Gasteiger partial charge in [0.1, 0.15) is 17.4 Å². The summed E-state index contributed by atoms with van der Waals surface area (Å²) in [5.41, 5.74) is -1.74. The van der Waals surface area contributed by atoms with E-state index in [9.17, 15) is 14.4 Å². The number of nitrogens with one attached hydrogen (secondary N) is 1. The van der Waals surface area contributed by atoms with Gasteiger partial charge in [-0.3, -0.25) is 0 Å². The lowest BCUT2D eigenvalue weighted by Gasteiger charge is -2.23. The predicted molar refractivity (Wildman–Crippen MR) is 67.5 cm³/mol. The zero-order chi connectivity index (χ0) is 14.7. The predicted octanol–water partition coefficient (Wildman–Crippen LogP) is 1.42. The summed E-state index contributed by atoms with van der Waals surface area (Å²) in [6, 6.07) is 0. The first-order chi connectivity index (χ1) is 8.75. The van der Waals surface area contributed by atoms with E-state index in [0.717, 1.165) is 6.29 Å². The molecular formula is C13H21NO5. The minimum atomic E-state index is -1.10. The summed E-state index contributed by atoms with van der Waals surface area (Å²) in [6.45, 7) is 7.12. The van der Waals surface area contributed by atoms with Crippen molar-refractivity contribution in [1.82, 2.24) is 5.32 Å². The lowest BCUT2D eigenvalue weighted by atomic mass is 10.1. The summed E-state index contributed by atoms with van der Waals surface area (Å²) in [7, 11) is 0. The number of ether oxygens (including phenoxy) is 2. The number of rotatable bonds is 5. The van der Waals surface area contributed by atoms with Crippen LogP contribution in [0.5, 0.6) is 0 Å². The van der Waals surface area contributed by atoms with Crippen LogP contribution < -0.4 is 5.32 Å². The zero-order valence-corrected chi connectivity index (χ0v) is 11.8.